The minimum atomic E-state index is -0.687. The van der Waals surface area contributed by atoms with E-state index in [-0.39, 0.29) is 6.61 Å². The summed E-state index contributed by atoms with van der Waals surface area (Å²) in [5.41, 5.74) is 1.16. The van der Waals surface area contributed by atoms with Crippen molar-refractivity contribution in [3.8, 4) is 5.75 Å². The fraction of sp³-hybridized carbons (Fsp3) is 0.235. The smallest absolute Gasteiger partial charge is 0.344 e. The van der Waals surface area contributed by atoms with E-state index in [0.717, 1.165) is 12.0 Å². The molecular formula is C17H17NO5S. The maximum atomic E-state index is 11.6. The lowest BCUT2D eigenvalue weighted by Crippen LogP contribution is -2.34. The van der Waals surface area contributed by atoms with Crippen LogP contribution >= 0.6 is 11.3 Å². The van der Waals surface area contributed by atoms with Gasteiger partial charge >= 0.3 is 5.97 Å². The maximum absolute atomic E-state index is 11.6. The highest BCUT2D eigenvalue weighted by atomic mass is 32.1. The van der Waals surface area contributed by atoms with Crippen LogP contribution in [-0.2, 0) is 20.7 Å². The molecule has 0 aliphatic rings. The summed E-state index contributed by atoms with van der Waals surface area (Å²) in [5, 5.41) is 3.86. The summed E-state index contributed by atoms with van der Waals surface area (Å²) in [7, 11) is 0. The maximum Gasteiger partial charge on any atom is 0.344 e. The topological polar surface area (TPSA) is 81.7 Å². The summed E-state index contributed by atoms with van der Waals surface area (Å²) in [6, 6.07) is 10.6. The Bertz CT molecular complexity index is 694. The lowest BCUT2D eigenvalue weighted by atomic mass is 10.2. The molecule has 126 valence electrons. The second kappa shape index (κ2) is 8.83. The highest BCUT2D eigenvalue weighted by molar-refractivity contribution is 7.12. The average molecular weight is 347 g/mol. The first kappa shape index (κ1) is 17.7. The molecule has 1 heterocycles. The zero-order valence-corrected chi connectivity index (χ0v) is 13.9. The van der Waals surface area contributed by atoms with Crippen molar-refractivity contribution in [3.63, 3.8) is 0 Å². The van der Waals surface area contributed by atoms with Crippen LogP contribution in [0.5, 0.6) is 5.75 Å². The third-order valence-corrected chi connectivity index (χ3v) is 3.92. The minimum Gasteiger partial charge on any atom is -0.482 e. The molecule has 6 nitrogen and oxygen atoms in total. The summed E-state index contributed by atoms with van der Waals surface area (Å²) in [6.45, 7) is 1.20. The molecule has 1 aromatic heterocycles. The van der Waals surface area contributed by atoms with Crippen molar-refractivity contribution in [1.29, 1.82) is 0 Å². The predicted molar refractivity (Wildman–Crippen MR) is 89.1 cm³/mol. The summed E-state index contributed by atoms with van der Waals surface area (Å²) >= 11 is 1.21. The van der Waals surface area contributed by atoms with E-state index in [9.17, 15) is 14.4 Å². The molecular weight excluding hydrogens is 330 g/mol. The number of ether oxygens (including phenoxy) is 2. The number of thiophene rings is 1. The molecule has 1 aromatic carbocycles. The van der Waals surface area contributed by atoms with Crippen LogP contribution in [0.15, 0.2) is 41.8 Å². The van der Waals surface area contributed by atoms with Crippen molar-refractivity contribution >= 4 is 29.1 Å². The standard InChI is InChI=1S/C17H17NO5S/c1-2-12-5-7-13(8-6-12)22-11-16(20)23-10-15(19)18-17(21)14-4-3-9-24-14/h3-9H,2,10-11H2,1H3,(H,18,19,21). The molecule has 0 unspecified atom stereocenters. The van der Waals surface area contributed by atoms with Gasteiger partial charge < -0.3 is 9.47 Å². The lowest BCUT2D eigenvalue weighted by molar-refractivity contribution is -0.150. The van der Waals surface area contributed by atoms with Crippen LogP contribution in [-0.4, -0.2) is 31.0 Å². The predicted octanol–water partition coefficient (Wildman–Crippen LogP) is 2.19. The number of carbonyl (C=O) groups excluding carboxylic acids is 3. The third kappa shape index (κ3) is 5.51. The second-order valence-corrected chi connectivity index (χ2v) is 5.75. The molecule has 0 radical (unpaired) electrons. The molecule has 2 aromatic rings. The van der Waals surface area contributed by atoms with Gasteiger partial charge in [-0.05, 0) is 35.6 Å². The molecule has 0 aliphatic heterocycles. The van der Waals surface area contributed by atoms with E-state index in [1.165, 1.54) is 11.3 Å². The Kier molecular flexibility index (Phi) is 6.51. The third-order valence-electron chi connectivity index (χ3n) is 3.05. The molecule has 0 saturated heterocycles. The number of benzene rings is 1. The molecule has 0 spiro atoms. The van der Waals surface area contributed by atoms with Crippen LogP contribution in [0.4, 0.5) is 0 Å². The minimum absolute atomic E-state index is 0.308. The van der Waals surface area contributed by atoms with Gasteiger partial charge in [0, 0.05) is 0 Å². The van der Waals surface area contributed by atoms with Gasteiger partial charge in [0.25, 0.3) is 11.8 Å². The Morgan fingerprint density at radius 2 is 1.83 bits per heavy atom. The summed E-state index contributed by atoms with van der Waals surface area (Å²) in [6.07, 6.45) is 0.918. The van der Waals surface area contributed by atoms with Gasteiger partial charge in [-0.25, -0.2) is 4.79 Å². The van der Waals surface area contributed by atoms with E-state index in [0.29, 0.717) is 10.6 Å². The summed E-state index contributed by atoms with van der Waals surface area (Å²) in [5.74, 6) is -1.35. The Balaban J connectivity index is 1.68. The molecule has 1 N–H and O–H groups in total. The molecule has 7 heteroatoms. The number of aryl methyl sites for hydroxylation is 1. The molecule has 2 amide bonds. The van der Waals surface area contributed by atoms with Crippen LogP contribution in [0.2, 0.25) is 0 Å². The number of imide groups is 1. The quantitative estimate of drug-likeness (QED) is 0.777. The largest absolute Gasteiger partial charge is 0.482 e. The van der Waals surface area contributed by atoms with Crippen molar-refractivity contribution in [3.05, 3.63) is 52.2 Å². The highest BCUT2D eigenvalue weighted by Crippen LogP contribution is 2.12. The average Bonchev–Trinajstić information content (AvgIpc) is 3.13. The van der Waals surface area contributed by atoms with E-state index in [2.05, 4.69) is 5.32 Å². The number of rotatable bonds is 7. The molecule has 0 fully saturated rings. The van der Waals surface area contributed by atoms with Gasteiger partial charge in [0.1, 0.15) is 5.75 Å². The van der Waals surface area contributed by atoms with Crippen molar-refractivity contribution in [2.45, 2.75) is 13.3 Å². The van der Waals surface area contributed by atoms with Crippen LogP contribution in [0, 0.1) is 0 Å². The van der Waals surface area contributed by atoms with E-state index >= 15 is 0 Å². The first-order chi connectivity index (χ1) is 11.6. The summed E-state index contributed by atoms with van der Waals surface area (Å²) < 4.78 is 10.0. The van der Waals surface area contributed by atoms with E-state index in [1.807, 2.05) is 19.1 Å². The zero-order chi connectivity index (χ0) is 17.4. The Morgan fingerprint density at radius 1 is 1.08 bits per heavy atom. The van der Waals surface area contributed by atoms with Crippen molar-refractivity contribution < 1.29 is 23.9 Å². The lowest BCUT2D eigenvalue weighted by Gasteiger charge is -2.07. The number of esters is 1. The van der Waals surface area contributed by atoms with Gasteiger partial charge in [0.2, 0.25) is 0 Å². The zero-order valence-electron chi connectivity index (χ0n) is 13.1. The van der Waals surface area contributed by atoms with E-state index in [1.54, 1.807) is 29.6 Å². The first-order valence-corrected chi connectivity index (χ1v) is 8.21. The van der Waals surface area contributed by atoms with Gasteiger partial charge in [-0.1, -0.05) is 25.1 Å². The Morgan fingerprint density at radius 3 is 2.46 bits per heavy atom. The molecule has 0 saturated carbocycles. The fourth-order valence-electron chi connectivity index (χ4n) is 1.78. The fourth-order valence-corrected chi connectivity index (χ4v) is 2.40. The number of hydrogen-bond donors (Lipinski definition) is 1. The molecule has 24 heavy (non-hydrogen) atoms. The van der Waals surface area contributed by atoms with Gasteiger partial charge in [-0.3, -0.25) is 14.9 Å². The molecule has 2 rings (SSSR count). The van der Waals surface area contributed by atoms with Crippen molar-refractivity contribution in [2.24, 2.45) is 0 Å². The second-order valence-electron chi connectivity index (χ2n) is 4.80. The van der Waals surface area contributed by atoms with Crippen molar-refractivity contribution in [1.82, 2.24) is 5.32 Å². The van der Waals surface area contributed by atoms with Crippen LogP contribution in [0.25, 0.3) is 0 Å². The summed E-state index contributed by atoms with van der Waals surface area (Å²) in [4.78, 5) is 35.1. The van der Waals surface area contributed by atoms with E-state index < -0.39 is 24.4 Å². The van der Waals surface area contributed by atoms with Crippen LogP contribution in [0.3, 0.4) is 0 Å². The van der Waals surface area contributed by atoms with E-state index in [4.69, 9.17) is 9.47 Å². The normalized spacial score (nSPS) is 10.0. The number of hydrogen-bond acceptors (Lipinski definition) is 6. The number of nitrogens with one attached hydrogen (secondary N) is 1. The monoisotopic (exact) mass is 347 g/mol. The molecule has 0 aliphatic carbocycles. The van der Waals surface area contributed by atoms with Gasteiger partial charge in [0.15, 0.2) is 13.2 Å². The van der Waals surface area contributed by atoms with Crippen molar-refractivity contribution in [2.75, 3.05) is 13.2 Å². The first-order valence-electron chi connectivity index (χ1n) is 7.33. The van der Waals surface area contributed by atoms with Crippen LogP contribution < -0.4 is 10.1 Å². The van der Waals surface area contributed by atoms with Gasteiger partial charge in [0.05, 0.1) is 4.88 Å². The van der Waals surface area contributed by atoms with Gasteiger partial charge in [-0.2, -0.15) is 0 Å². The Labute approximate surface area is 143 Å². The Hall–Kier alpha value is -2.67. The number of amides is 2. The van der Waals surface area contributed by atoms with Crippen LogP contribution in [0.1, 0.15) is 22.2 Å². The molecule has 0 bridgehead atoms. The molecule has 0 atom stereocenters. The number of carbonyl (C=O) groups is 3. The highest BCUT2D eigenvalue weighted by Gasteiger charge is 2.13. The SMILES string of the molecule is CCc1ccc(OCC(=O)OCC(=O)NC(=O)c2cccs2)cc1. The van der Waals surface area contributed by atoms with Gasteiger partial charge in [-0.15, -0.1) is 11.3 Å².